The molecular formula is C29H32N2O7. The van der Waals surface area contributed by atoms with Gasteiger partial charge in [0.25, 0.3) is 11.8 Å². The fourth-order valence-electron chi connectivity index (χ4n) is 4.44. The van der Waals surface area contributed by atoms with Gasteiger partial charge in [-0.3, -0.25) is 9.59 Å². The molecule has 3 aromatic rings. The van der Waals surface area contributed by atoms with Gasteiger partial charge in [-0.15, -0.1) is 0 Å². The second-order valence-electron chi connectivity index (χ2n) is 8.77. The van der Waals surface area contributed by atoms with Gasteiger partial charge in [-0.05, 0) is 61.4 Å². The highest BCUT2D eigenvalue weighted by Gasteiger charge is 2.28. The van der Waals surface area contributed by atoms with Crippen LogP contribution in [0.5, 0.6) is 28.7 Å². The van der Waals surface area contributed by atoms with E-state index in [0.29, 0.717) is 59.5 Å². The third-order valence-corrected chi connectivity index (χ3v) is 6.42. The first-order valence-electron chi connectivity index (χ1n) is 12.2. The SMILES string of the molecule is COc1ccc(CCN2Cc3cc(NC(=O)c4c(OC)cccc4OC)ccc3O[C@H](C)C2=O)cc1OC. The highest BCUT2D eigenvalue weighted by atomic mass is 16.5. The Morgan fingerprint density at radius 3 is 2.26 bits per heavy atom. The van der Waals surface area contributed by atoms with E-state index in [1.165, 1.54) is 14.2 Å². The molecule has 1 aliphatic heterocycles. The van der Waals surface area contributed by atoms with Gasteiger partial charge in [0.2, 0.25) is 0 Å². The van der Waals surface area contributed by atoms with Crippen molar-refractivity contribution in [3.05, 3.63) is 71.3 Å². The molecule has 200 valence electrons. The molecule has 0 unspecified atom stereocenters. The number of ether oxygens (including phenoxy) is 5. The maximum absolute atomic E-state index is 13.1. The molecule has 0 bridgehead atoms. The van der Waals surface area contributed by atoms with Crippen LogP contribution >= 0.6 is 0 Å². The number of benzene rings is 3. The normalized spacial score (nSPS) is 14.6. The summed E-state index contributed by atoms with van der Waals surface area (Å²) in [4.78, 5) is 28.0. The highest BCUT2D eigenvalue weighted by Crippen LogP contribution is 2.32. The molecule has 0 aromatic heterocycles. The lowest BCUT2D eigenvalue weighted by Gasteiger charge is -2.22. The van der Waals surface area contributed by atoms with Crippen molar-refractivity contribution in [1.29, 1.82) is 0 Å². The molecule has 0 saturated heterocycles. The Labute approximate surface area is 222 Å². The summed E-state index contributed by atoms with van der Waals surface area (Å²) in [5.74, 6) is 2.22. The first kappa shape index (κ1) is 26.7. The number of amides is 2. The maximum atomic E-state index is 13.1. The van der Waals surface area contributed by atoms with Crippen LogP contribution in [0.25, 0.3) is 0 Å². The van der Waals surface area contributed by atoms with Gasteiger partial charge in [0.15, 0.2) is 17.6 Å². The fourth-order valence-corrected chi connectivity index (χ4v) is 4.44. The van der Waals surface area contributed by atoms with Crippen molar-refractivity contribution >= 4 is 17.5 Å². The minimum Gasteiger partial charge on any atom is -0.496 e. The number of anilines is 1. The summed E-state index contributed by atoms with van der Waals surface area (Å²) in [5, 5.41) is 2.91. The number of methoxy groups -OCH3 is 4. The summed E-state index contributed by atoms with van der Waals surface area (Å²) in [6.45, 7) is 2.56. The number of carbonyl (C=O) groups is 2. The predicted octanol–water partition coefficient (Wildman–Crippen LogP) is 4.33. The molecule has 1 aliphatic rings. The Morgan fingerprint density at radius 1 is 0.921 bits per heavy atom. The second-order valence-corrected chi connectivity index (χ2v) is 8.77. The van der Waals surface area contributed by atoms with Gasteiger partial charge in [-0.1, -0.05) is 12.1 Å². The summed E-state index contributed by atoms with van der Waals surface area (Å²) >= 11 is 0. The van der Waals surface area contributed by atoms with Crippen LogP contribution in [0.2, 0.25) is 0 Å². The molecule has 3 aromatic carbocycles. The van der Waals surface area contributed by atoms with Gasteiger partial charge in [-0.2, -0.15) is 0 Å². The summed E-state index contributed by atoms with van der Waals surface area (Å²) in [6.07, 6.45) is -0.0158. The van der Waals surface area contributed by atoms with E-state index in [1.807, 2.05) is 24.3 Å². The van der Waals surface area contributed by atoms with Gasteiger partial charge in [0, 0.05) is 24.3 Å². The second kappa shape index (κ2) is 11.8. The van der Waals surface area contributed by atoms with E-state index in [9.17, 15) is 9.59 Å². The summed E-state index contributed by atoms with van der Waals surface area (Å²) < 4.78 is 27.4. The number of hydrogen-bond donors (Lipinski definition) is 1. The third-order valence-electron chi connectivity index (χ3n) is 6.42. The van der Waals surface area contributed by atoms with E-state index in [2.05, 4.69) is 5.32 Å². The van der Waals surface area contributed by atoms with Crippen molar-refractivity contribution in [2.75, 3.05) is 40.3 Å². The van der Waals surface area contributed by atoms with Crippen molar-refractivity contribution in [3.63, 3.8) is 0 Å². The molecule has 1 N–H and O–H groups in total. The number of nitrogens with one attached hydrogen (secondary N) is 1. The number of nitrogens with zero attached hydrogens (tertiary/aromatic N) is 1. The molecular weight excluding hydrogens is 488 g/mol. The summed E-state index contributed by atoms with van der Waals surface area (Å²) in [7, 11) is 6.19. The molecule has 0 fully saturated rings. The van der Waals surface area contributed by atoms with E-state index in [4.69, 9.17) is 23.7 Å². The fraction of sp³-hybridized carbons (Fsp3) is 0.310. The lowest BCUT2D eigenvalue weighted by atomic mass is 10.1. The summed E-state index contributed by atoms with van der Waals surface area (Å²) in [5.41, 5.74) is 2.66. The zero-order valence-corrected chi connectivity index (χ0v) is 22.2. The standard InChI is InChI=1S/C29H32N2O7/c1-18-29(33)31(14-13-19-9-11-23(34-2)26(15-19)37-5)17-20-16-21(10-12-22(20)38-18)30-28(32)27-24(35-3)7-6-8-25(27)36-4/h6-12,15-16,18H,13-14,17H2,1-5H3,(H,30,32)/t18-/m1/s1. The quantitative estimate of drug-likeness (QED) is 0.449. The molecule has 9 heteroatoms. The van der Waals surface area contributed by atoms with Crippen LogP contribution in [0, 0.1) is 0 Å². The molecule has 1 heterocycles. The minimum atomic E-state index is -0.639. The van der Waals surface area contributed by atoms with Crippen LogP contribution in [0.15, 0.2) is 54.6 Å². The molecule has 0 aliphatic carbocycles. The van der Waals surface area contributed by atoms with Crippen molar-refractivity contribution in [3.8, 4) is 28.7 Å². The molecule has 1 atom stereocenters. The Hall–Kier alpha value is -4.40. The van der Waals surface area contributed by atoms with Crippen molar-refractivity contribution < 1.29 is 33.3 Å². The summed E-state index contributed by atoms with van der Waals surface area (Å²) in [6, 6.07) is 16.2. The van der Waals surface area contributed by atoms with E-state index >= 15 is 0 Å². The Morgan fingerprint density at radius 2 is 1.61 bits per heavy atom. The van der Waals surface area contributed by atoms with Gasteiger partial charge in [-0.25, -0.2) is 0 Å². The van der Waals surface area contributed by atoms with E-state index in [1.54, 1.807) is 56.4 Å². The van der Waals surface area contributed by atoms with Gasteiger partial charge < -0.3 is 33.9 Å². The topological polar surface area (TPSA) is 95.6 Å². The van der Waals surface area contributed by atoms with Crippen molar-refractivity contribution in [2.45, 2.75) is 26.0 Å². The molecule has 9 nitrogen and oxygen atoms in total. The smallest absolute Gasteiger partial charge is 0.263 e. The zero-order chi connectivity index (χ0) is 27.2. The van der Waals surface area contributed by atoms with Gasteiger partial charge >= 0.3 is 0 Å². The van der Waals surface area contributed by atoms with Crippen LogP contribution < -0.4 is 29.0 Å². The predicted molar refractivity (Wildman–Crippen MR) is 143 cm³/mol. The van der Waals surface area contributed by atoms with Crippen LogP contribution in [0.3, 0.4) is 0 Å². The average molecular weight is 521 g/mol. The molecule has 0 spiro atoms. The number of hydrogen-bond acceptors (Lipinski definition) is 7. The number of carbonyl (C=O) groups excluding carboxylic acids is 2. The number of fused-ring (bicyclic) bond motifs is 1. The van der Waals surface area contributed by atoms with Crippen LogP contribution in [-0.4, -0.2) is 57.8 Å². The first-order chi connectivity index (χ1) is 18.4. The lowest BCUT2D eigenvalue weighted by Crippen LogP contribution is -2.39. The van der Waals surface area contributed by atoms with E-state index in [-0.39, 0.29) is 11.8 Å². The molecule has 0 radical (unpaired) electrons. The van der Waals surface area contributed by atoms with Crippen LogP contribution in [-0.2, 0) is 17.8 Å². The van der Waals surface area contributed by atoms with Crippen molar-refractivity contribution in [2.24, 2.45) is 0 Å². The first-order valence-corrected chi connectivity index (χ1v) is 12.2. The lowest BCUT2D eigenvalue weighted by molar-refractivity contribution is -0.137. The number of rotatable bonds is 9. The maximum Gasteiger partial charge on any atom is 0.263 e. The van der Waals surface area contributed by atoms with E-state index in [0.717, 1.165) is 11.1 Å². The van der Waals surface area contributed by atoms with E-state index < -0.39 is 6.10 Å². The monoisotopic (exact) mass is 520 g/mol. The molecule has 38 heavy (non-hydrogen) atoms. The Bertz CT molecular complexity index is 1300. The van der Waals surface area contributed by atoms with Crippen LogP contribution in [0.4, 0.5) is 5.69 Å². The van der Waals surface area contributed by atoms with Gasteiger partial charge in [0.1, 0.15) is 22.8 Å². The highest BCUT2D eigenvalue weighted by molar-refractivity contribution is 6.08. The average Bonchev–Trinajstić information content (AvgIpc) is 3.06. The third kappa shape index (κ3) is 5.61. The Balaban J connectivity index is 1.54. The van der Waals surface area contributed by atoms with Crippen LogP contribution in [0.1, 0.15) is 28.4 Å². The molecule has 2 amide bonds. The van der Waals surface area contributed by atoms with Gasteiger partial charge in [0.05, 0.1) is 28.4 Å². The molecule has 4 rings (SSSR count). The Kier molecular flexibility index (Phi) is 8.25. The zero-order valence-electron chi connectivity index (χ0n) is 22.2. The minimum absolute atomic E-state index is 0.106. The largest absolute Gasteiger partial charge is 0.496 e. The molecule has 0 saturated carbocycles. The van der Waals surface area contributed by atoms with Crippen molar-refractivity contribution in [1.82, 2.24) is 4.90 Å².